The maximum Gasteiger partial charge on any atom is 0.254 e. The fourth-order valence-electron chi connectivity index (χ4n) is 3.61. The molecule has 1 N–H and O–H groups in total. The zero-order valence-corrected chi connectivity index (χ0v) is 14.9. The van der Waals surface area contributed by atoms with Crippen LogP contribution in [0.1, 0.15) is 23.2 Å². The SMILES string of the molecule is Cn1cc(C(=O)NCC2CCN(c3ccnc4ccccc34)CC2)cn1. The molecule has 0 radical (unpaired) electrons. The van der Waals surface area contributed by atoms with Crippen molar-refractivity contribution >= 4 is 22.5 Å². The number of para-hydroxylation sites is 1. The molecule has 26 heavy (non-hydrogen) atoms. The topological polar surface area (TPSA) is 63.1 Å². The summed E-state index contributed by atoms with van der Waals surface area (Å²) in [6.45, 7) is 2.72. The van der Waals surface area contributed by atoms with Crippen LogP contribution in [0.2, 0.25) is 0 Å². The van der Waals surface area contributed by atoms with Gasteiger partial charge in [-0.3, -0.25) is 14.5 Å². The molecule has 2 aromatic heterocycles. The third kappa shape index (κ3) is 3.40. The van der Waals surface area contributed by atoms with E-state index in [4.69, 9.17) is 0 Å². The van der Waals surface area contributed by atoms with Gasteiger partial charge in [0.25, 0.3) is 5.91 Å². The molecule has 0 unspecified atom stereocenters. The number of amides is 1. The molecular formula is C20H23N5O. The van der Waals surface area contributed by atoms with E-state index in [-0.39, 0.29) is 5.91 Å². The number of hydrogen-bond acceptors (Lipinski definition) is 4. The van der Waals surface area contributed by atoms with Crippen LogP contribution in [0.4, 0.5) is 5.69 Å². The van der Waals surface area contributed by atoms with Crippen LogP contribution in [-0.4, -0.2) is 40.3 Å². The van der Waals surface area contributed by atoms with Crippen LogP contribution < -0.4 is 10.2 Å². The molecule has 1 aliphatic rings. The van der Waals surface area contributed by atoms with Gasteiger partial charge < -0.3 is 10.2 Å². The number of piperidine rings is 1. The highest BCUT2D eigenvalue weighted by Gasteiger charge is 2.21. The lowest BCUT2D eigenvalue weighted by Gasteiger charge is -2.34. The van der Waals surface area contributed by atoms with Crippen molar-refractivity contribution in [2.24, 2.45) is 13.0 Å². The quantitative estimate of drug-likeness (QED) is 0.786. The van der Waals surface area contributed by atoms with Crippen molar-refractivity contribution in [2.75, 3.05) is 24.5 Å². The number of fused-ring (bicyclic) bond motifs is 1. The Labute approximate surface area is 152 Å². The molecule has 134 valence electrons. The summed E-state index contributed by atoms with van der Waals surface area (Å²) in [6.07, 6.45) is 7.38. The second kappa shape index (κ2) is 7.15. The molecule has 1 aliphatic heterocycles. The van der Waals surface area contributed by atoms with Crippen molar-refractivity contribution in [3.63, 3.8) is 0 Å². The first-order chi connectivity index (χ1) is 12.7. The van der Waals surface area contributed by atoms with Crippen LogP contribution in [-0.2, 0) is 7.05 Å². The number of benzene rings is 1. The van der Waals surface area contributed by atoms with Crippen molar-refractivity contribution < 1.29 is 4.79 Å². The molecule has 3 heterocycles. The Balaban J connectivity index is 1.34. The average molecular weight is 349 g/mol. The number of hydrogen-bond donors (Lipinski definition) is 1. The summed E-state index contributed by atoms with van der Waals surface area (Å²) < 4.78 is 1.65. The summed E-state index contributed by atoms with van der Waals surface area (Å²) in [7, 11) is 1.81. The van der Waals surface area contributed by atoms with Crippen molar-refractivity contribution in [2.45, 2.75) is 12.8 Å². The standard InChI is InChI=1S/C20H23N5O/c1-24-14-16(13-23-24)20(26)22-12-15-7-10-25(11-8-15)19-6-9-21-18-5-3-2-4-17(18)19/h2-6,9,13-15H,7-8,10-12H2,1H3,(H,22,26). The first kappa shape index (κ1) is 16.6. The predicted octanol–water partition coefficient (Wildman–Crippen LogP) is 2.61. The van der Waals surface area contributed by atoms with Crippen LogP contribution in [0.15, 0.2) is 48.9 Å². The summed E-state index contributed by atoms with van der Waals surface area (Å²) in [5.41, 5.74) is 2.91. The lowest BCUT2D eigenvalue weighted by molar-refractivity contribution is 0.0945. The lowest BCUT2D eigenvalue weighted by atomic mass is 9.96. The lowest BCUT2D eigenvalue weighted by Crippen LogP contribution is -2.38. The number of nitrogens with one attached hydrogen (secondary N) is 1. The van der Waals surface area contributed by atoms with Gasteiger partial charge in [-0.2, -0.15) is 5.10 Å². The van der Waals surface area contributed by atoms with Crippen LogP contribution in [0.25, 0.3) is 10.9 Å². The number of aryl methyl sites for hydroxylation is 1. The maximum atomic E-state index is 12.2. The monoisotopic (exact) mass is 349 g/mol. The van der Waals surface area contributed by atoms with E-state index < -0.39 is 0 Å². The highest BCUT2D eigenvalue weighted by molar-refractivity contribution is 5.93. The van der Waals surface area contributed by atoms with Crippen molar-refractivity contribution in [3.8, 4) is 0 Å². The molecule has 0 bridgehead atoms. The summed E-state index contributed by atoms with van der Waals surface area (Å²) in [6, 6.07) is 10.4. The van der Waals surface area contributed by atoms with Crippen molar-refractivity contribution in [1.82, 2.24) is 20.1 Å². The Bertz CT molecular complexity index is 906. The van der Waals surface area contributed by atoms with Crippen LogP contribution in [0.5, 0.6) is 0 Å². The van der Waals surface area contributed by atoms with Gasteiger partial charge in [0.05, 0.1) is 17.3 Å². The minimum atomic E-state index is -0.0411. The molecule has 1 saturated heterocycles. The molecule has 0 aliphatic carbocycles. The molecule has 4 rings (SSSR count). The number of carbonyl (C=O) groups excluding carboxylic acids is 1. The predicted molar refractivity (Wildman–Crippen MR) is 102 cm³/mol. The number of rotatable bonds is 4. The highest BCUT2D eigenvalue weighted by atomic mass is 16.1. The van der Waals surface area contributed by atoms with E-state index >= 15 is 0 Å². The zero-order valence-electron chi connectivity index (χ0n) is 14.9. The molecule has 0 saturated carbocycles. The van der Waals surface area contributed by atoms with Gasteiger partial charge in [-0.1, -0.05) is 18.2 Å². The van der Waals surface area contributed by atoms with Crippen LogP contribution >= 0.6 is 0 Å². The Morgan fingerprint density at radius 3 is 2.81 bits per heavy atom. The smallest absolute Gasteiger partial charge is 0.254 e. The average Bonchev–Trinajstić information content (AvgIpc) is 3.12. The van der Waals surface area contributed by atoms with Gasteiger partial charge in [0.15, 0.2) is 0 Å². The first-order valence-electron chi connectivity index (χ1n) is 9.06. The third-order valence-electron chi connectivity index (χ3n) is 5.10. The molecular weight excluding hydrogens is 326 g/mol. The second-order valence-corrected chi connectivity index (χ2v) is 6.89. The van der Waals surface area contributed by atoms with Crippen LogP contribution in [0, 0.1) is 5.92 Å². The van der Waals surface area contributed by atoms with Crippen molar-refractivity contribution in [1.29, 1.82) is 0 Å². The fraction of sp³-hybridized carbons (Fsp3) is 0.350. The minimum Gasteiger partial charge on any atom is -0.371 e. The molecule has 3 aromatic rings. The molecule has 0 spiro atoms. The third-order valence-corrected chi connectivity index (χ3v) is 5.10. The van der Waals surface area contributed by atoms with Gasteiger partial charge in [0.1, 0.15) is 0 Å². The van der Waals surface area contributed by atoms with Gasteiger partial charge >= 0.3 is 0 Å². The summed E-state index contributed by atoms with van der Waals surface area (Å²) >= 11 is 0. The van der Waals surface area contributed by atoms with Gasteiger partial charge in [-0.25, -0.2) is 0 Å². The van der Waals surface area contributed by atoms with E-state index in [0.29, 0.717) is 11.5 Å². The zero-order chi connectivity index (χ0) is 17.9. The molecule has 6 nitrogen and oxygen atoms in total. The summed E-state index contributed by atoms with van der Waals surface area (Å²) in [5.74, 6) is 0.473. The van der Waals surface area contributed by atoms with E-state index in [2.05, 4.69) is 44.6 Å². The first-order valence-corrected chi connectivity index (χ1v) is 9.06. The Hall–Kier alpha value is -2.89. The van der Waals surface area contributed by atoms with E-state index in [1.807, 2.05) is 19.3 Å². The molecule has 1 fully saturated rings. The maximum absolute atomic E-state index is 12.2. The van der Waals surface area contributed by atoms with E-state index in [1.165, 1.54) is 11.1 Å². The van der Waals surface area contributed by atoms with Crippen molar-refractivity contribution in [3.05, 3.63) is 54.5 Å². The van der Waals surface area contributed by atoms with E-state index in [0.717, 1.165) is 38.0 Å². The van der Waals surface area contributed by atoms with E-state index in [1.54, 1.807) is 17.1 Å². The van der Waals surface area contributed by atoms with Crippen LogP contribution in [0.3, 0.4) is 0 Å². The minimum absolute atomic E-state index is 0.0411. The summed E-state index contributed by atoms with van der Waals surface area (Å²) in [4.78, 5) is 19.0. The Kier molecular flexibility index (Phi) is 4.56. The number of pyridine rings is 1. The van der Waals surface area contributed by atoms with E-state index in [9.17, 15) is 4.79 Å². The largest absolute Gasteiger partial charge is 0.371 e. The normalized spacial score (nSPS) is 15.3. The molecule has 1 amide bonds. The molecule has 1 aromatic carbocycles. The number of nitrogens with zero attached hydrogens (tertiary/aromatic N) is 4. The molecule has 6 heteroatoms. The number of anilines is 1. The van der Waals surface area contributed by atoms with Gasteiger partial charge in [-0.15, -0.1) is 0 Å². The van der Waals surface area contributed by atoms with Gasteiger partial charge in [0, 0.05) is 50.1 Å². The fourth-order valence-corrected chi connectivity index (χ4v) is 3.61. The highest BCUT2D eigenvalue weighted by Crippen LogP contribution is 2.28. The van der Waals surface area contributed by atoms with Gasteiger partial charge in [-0.05, 0) is 30.9 Å². The summed E-state index contributed by atoms with van der Waals surface area (Å²) in [5, 5.41) is 8.30. The number of carbonyl (C=O) groups is 1. The van der Waals surface area contributed by atoms with Gasteiger partial charge in [0.2, 0.25) is 0 Å². The molecule has 0 atom stereocenters. The number of aromatic nitrogens is 3. The Morgan fingerprint density at radius 2 is 2.04 bits per heavy atom. The Morgan fingerprint density at radius 1 is 1.23 bits per heavy atom. The second-order valence-electron chi connectivity index (χ2n) is 6.89.